The molecule has 0 saturated carbocycles. The molecule has 5 heteroatoms. The van der Waals surface area contributed by atoms with Crippen LogP contribution in [-0.2, 0) is 20.9 Å². The van der Waals surface area contributed by atoms with Crippen LogP contribution in [0.2, 0.25) is 0 Å². The van der Waals surface area contributed by atoms with Crippen molar-refractivity contribution < 1.29 is 18.8 Å². The van der Waals surface area contributed by atoms with Crippen molar-refractivity contribution >= 4 is 12.8 Å². The zero-order valence-electron chi connectivity index (χ0n) is 10.7. The third kappa shape index (κ3) is 6.67. The van der Waals surface area contributed by atoms with Gasteiger partial charge in [-0.1, -0.05) is 30.3 Å². The number of rotatable bonds is 4. The van der Waals surface area contributed by atoms with E-state index in [1.165, 1.54) is 0 Å². The van der Waals surface area contributed by atoms with Crippen LogP contribution in [0, 0.1) is 5.92 Å². The van der Waals surface area contributed by atoms with E-state index in [-0.39, 0.29) is 5.92 Å². The maximum atomic E-state index is 12.2. The summed E-state index contributed by atoms with van der Waals surface area (Å²) in [5.74, 6) is 0.108. The number of aldehydes is 1. The number of halogens is 1. The molecule has 104 valence electrons. The molecule has 1 aliphatic heterocycles. The quantitative estimate of drug-likeness (QED) is 0.619. The molecule has 2 rings (SSSR count). The van der Waals surface area contributed by atoms with E-state index in [1.54, 1.807) is 0 Å². The third-order valence-electron chi connectivity index (χ3n) is 2.84. The van der Waals surface area contributed by atoms with Gasteiger partial charge in [-0.05, 0) is 18.4 Å². The lowest BCUT2D eigenvalue weighted by Crippen LogP contribution is -2.27. The second-order valence-corrected chi connectivity index (χ2v) is 4.28. The molecule has 0 spiro atoms. The average molecular weight is 267 g/mol. The van der Waals surface area contributed by atoms with Crippen molar-refractivity contribution in [3.05, 3.63) is 35.9 Å². The minimum absolute atomic E-state index is 0.108. The average Bonchev–Trinajstić information content (AvgIpc) is 2.48. The highest BCUT2D eigenvalue weighted by atomic mass is 19.2. The first-order valence-corrected chi connectivity index (χ1v) is 6.21. The number of ether oxygens (including phenoxy) is 1. The van der Waals surface area contributed by atoms with E-state index in [0.29, 0.717) is 39.0 Å². The van der Waals surface area contributed by atoms with Crippen molar-refractivity contribution in [3.63, 3.8) is 0 Å². The fourth-order valence-corrected chi connectivity index (χ4v) is 1.71. The van der Waals surface area contributed by atoms with Gasteiger partial charge < -0.3 is 9.53 Å². The van der Waals surface area contributed by atoms with E-state index in [1.807, 2.05) is 30.3 Å². The highest BCUT2D eigenvalue weighted by Gasteiger charge is 2.17. The van der Waals surface area contributed by atoms with Crippen LogP contribution in [-0.4, -0.2) is 31.0 Å². The van der Waals surface area contributed by atoms with Gasteiger partial charge in [0.2, 0.25) is 0 Å². The maximum Gasteiger partial charge on any atom is 0.293 e. The summed E-state index contributed by atoms with van der Waals surface area (Å²) < 4.78 is 16.7. The highest BCUT2D eigenvalue weighted by molar-refractivity contribution is 5.53. The Morgan fingerprint density at radius 1 is 1.21 bits per heavy atom. The second-order valence-electron chi connectivity index (χ2n) is 4.28. The zero-order valence-corrected chi connectivity index (χ0v) is 10.7. The molecule has 0 amide bonds. The van der Waals surface area contributed by atoms with Crippen LogP contribution in [0.5, 0.6) is 0 Å². The molecular weight excluding hydrogens is 249 g/mol. The molecule has 1 saturated heterocycles. The van der Waals surface area contributed by atoms with Crippen molar-refractivity contribution in [2.24, 2.45) is 5.92 Å². The Bertz CT molecular complexity index is 364. The van der Waals surface area contributed by atoms with Crippen molar-refractivity contribution in [2.75, 3.05) is 13.1 Å². The van der Waals surface area contributed by atoms with Gasteiger partial charge in [-0.25, -0.2) is 0 Å². The minimum Gasteiger partial charge on any atom is -0.463 e. The largest absolute Gasteiger partial charge is 0.463 e. The summed E-state index contributed by atoms with van der Waals surface area (Å²) in [6.45, 7) is 1.66. The van der Waals surface area contributed by atoms with Crippen molar-refractivity contribution in [2.45, 2.75) is 19.4 Å². The molecular formula is C14H18FNO3. The first kappa shape index (κ1) is 15.3. The maximum absolute atomic E-state index is 12.2. The number of nitrogens with zero attached hydrogens (tertiary/aromatic N) is 1. The van der Waals surface area contributed by atoms with Gasteiger partial charge in [0.25, 0.3) is 6.47 Å². The van der Waals surface area contributed by atoms with Gasteiger partial charge in [0, 0.05) is 19.0 Å². The molecule has 0 N–H and O–H groups in total. The summed E-state index contributed by atoms with van der Waals surface area (Å²) in [6, 6.07) is 9.55. The number of benzene rings is 1. The van der Waals surface area contributed by atoms with Gasteiger partial charge in [0.05, 0.1) is 0 Å². The Kier molecular flexibility index (Phi) is 7.43. The van der Waals surface area contributed by atoms with E-state index in [4.69, 9.17) is 0 Å². The standard InChI is InChI=1S/C8H8O2.C6H10FNO/c9-7-10-6-8-4-2-1-3-5-8;7-8-3-1-6(5-9)2-4-8/h1-5,7H,6H2;5-6H,1-4H2. The number of piperidine rings is 1. The van der Waals surface area contributed by atoms with Crippen molar-refractivity contribution in [1.29, 1.82) is 0 Å². The SMILES string of the molecule is O=CC1CCN(F)CC1.O=COCc1ccccc1. The van der Waals surface area contributed by atoms with E-state index in [0.717, 1.165) is 17.0 Å². The van der Waals surface area contributed by atoms with Crippen LogP contribution in [0.1, 0.15) is 18.4 Å². The minimum atomic E-state index is 0.108. The van der Waals surface area contributed by atoms with E-state index in [2.05, 4.69) is 4.74 Å². The lowest BCUT2D eigenvalue weighted by molar-refractivity contribution is -0.129. The number of hydrogen-bond donors (Lipinski definition) is 0. The summed E-state index contributed by atoms with van der Waals surface area (Å²) in [5.41, 5.74) is 1.01. The van der Waals surface area contributed by atoms with Gasteiger partial charge in [-0.3, -0.25) is 4.79 Å². The van der Waals surface area contributed by atoms with Gasteiger partial charge in [-0.2, -0.15) is 0 Å². The van der Waals surface area contributed by atoms with Crippen LogP contribution in [0.4, 0.5) is 4.48 Å². The summed E-state index contributed by atoms with van der Waals surface area (Å²) >= 11 is 0. The molecule has 19 heavy (non-hydrogen) atoms. The number of hydrogen-bond acceptors (Lipinski definition) is 4. The van der Waals surface area contributed by atoms with Gasteiger partial charge in [0.1, 0.15) is 12.9 Å². The summed E-state index contributed by atoms with van der Waals surface area (Å²) in [7, 11) is 0. The number of carbonyl (C=O) groups is 2. The Balaban J connectivity index is 0.000000191. The molecule has 1 fully saturated rings. The molecule has 0 aromatic heterocycles. The molecule has 0 unspecified atom stereocenters. The van der Waals surface area contributed by atoms with Gasteiger partial charge in [0.15, 0.2) is 0 Å². The molecule has 0 atom stereocenters. The van der Waals surface area contributed by atoms with Gasteiger partial charge in [-0.15, -0.1) is 9.60 Å². The van der Waals surface area contributed by atoms with Gasteiger partial charge >= 0.3 is 0 Å². The lowest BCUT2D eigenvalue weighted by atomic mass is 10.0. The Morgan fingerprint density at radius 2 is 1.84 bits per heavy atom. The lowest BCUT2D eigenvalue weighted by Gasteiger charge is -2.21. The third-order valence-corrected chi connectivity index (χ3v) is 2.84. The van der Waals surface area contributed by atoms with Crippen LogP contribution < -0.4 is 0 Å². The van der Waals surface area contributed by atoms with E-state index in [9.17, 15) is 14.1 Å². The summed E-state index contributed by atoms with van der Waals surface area (Å²) in [5, 5.41) is 0.764. The molecule has 1 aromatic carbocycles. The van der Waals surface area contributed by atoms with Crippen LogP contribution >= 0.6 is 0 Å². The van der Waals surface area contributed by atoms with E-state index < -0.39 is 0 Å². The predicted molar refractivity (Wildman–Crippen MR) is 68.8 cm³/mol. The number of carbonyl (C=O) groups excluding carboxylic acids is 2. The Hall–Kier alpha value is -1.75. The fraction of sp³-hybridized carbons (Fsp3) is 0.429. The smallest absolute Gasteiger partial charge is 0.293 e. The molecule has 1 heterocycles. The predicted octanol–water partition coefficient (Wildman–Crippen LogP) is 2.14. The zero-order chi connectivity index (χ0) is 13.9. The van der Waals surface area contributed by atoms with E-state index >= 15 is 0 Å². The van der Waals surface area contributed by atoms with Crippen LogP contribution in [0.3, 0.4) is 0 Å². The fourth-order valence-electron chi connectivity index (χ4n) is 1.71. The van der Waals surface area contributed by atoms with Crippen molar-refractivity contribution in [1.82, 2.24) is 5.12 Å². The molecule has 4 nitrogen and oxygen atoms in total. The topological polar surface area (TPSA) is 46.6 Å². The summed E-state index contributed by atoms with van der Waals surface area (Å²) in [6.07, 6.45) is 2.28. The molecule has 1 aromatic rings. The normalized spacial score (nSPS) is 16.1. The molecule has 0 bridgehead atoms. The van der Waals surface area contributed by atoms with Crippen molar-refractivity contribution in [3.8, 4) is 0 Å². The van der Waals surface area contributed by atoms with Crippen LogP contribution in [0.15, 0.2) is 30.3 Å². The Morgan fingerprint density at radius 3 is 2.37 bits per heavy atom. The summed E-state index contributed by atoms with van der Waals surface area (Å²) in [4.78, 5) is 19.9. The molecule has 0 radical (unpaired) electrons. The monoisotopic (exact) mass is 267 g/mol. The highest BCUT2D eigenvalue weighted by Crippen LogP contribution is 2.14. The van der Waals surface area contributed by atoms with Crippen LogP contribution in [0.25, 0.3) is 0 Å². The first-order valence-electron chi connectivity index (χ1n) is 6.21. The molecule has 0 aliphatic carbocycles. The Labute approximate surface area is 112 Å². The second kappa shape index (κ2) is 9.22. The molecule has 1 aliphatic rings. The first-order chi connectivity index (χ1) is 9.26.